The summed E-state index contributed by atoms with van der Waals surface area (Å²) in [6.45, 7) is 5.91. The Labute approximate surface area is 204 Å². The van der Waals surface area contributed by atoms with Crippen LogP contribution in [0.2, 0.25) is 0 Å². The Morgan fingerprint density at radius 3 is 2.51 bits per heavy atom. The lowest BCUT2D eigenvalue weighted by Gasteiger charge is -2.17. The molecule has 1 atom stereocenters. The largest absolute Gasteiger partial charge is 0.413 e. The molecule has 0 spiro atoms. The summed E-state index contributed by atoms with van der Waals surface area (Å²) in [5.74, 6) is 1.95. The van der Waals surface area contributed by atoms with Crippen molar-refractivity contribution in [2.75, 3.05) is 19.0 Å². The Bertz CT molecular complexity index is 1300. The summed E-state index contributed by atoms with van der Waals surface area (Å²) < 4.78 is 7.36. The van der Waals surface area contributed by atoms with E-state index in [-0.39, 0.29) is 6.04 Å². The summed E-state index contributed by atoms with van der Waals surface area (Å²) in [6.07, 6.45) is 1.85. The molecule has 0 radical (unpaired) electrons. The maximum absolute atomic E-state index is 12.8. The molecule has 1 N–H and O–H groups in total. The number of nitrogens with zero attached hydrogens (tertiary/aromatic N) is 6. The molecular formula is C26H29N7O2. The molecule has 0 aliphatic heterocycles. The quantitative estimate of drug-likeness (QED) is 0.423. The van der Waals surface area contributed by atoms with Crippen LogP contribution in [0.3, 0.4) is 0 Å². The number of pyridine rings is 1. The van der Waals surface area contributed by atoms with Crippen LogP contribution in [0.15, 0.2) is 60.8 Å². The molecule has 0 aliphatic rings. The van der Waals surface area contributed by atoms with E-state index in [1.807, 2.05) is 88.3 Å². The number of carbonyl (C=O) groups is 1. The number of aromatic nitrogens is 5. The van der Waals surface area contributed by atoms with Crippen LogP contribution in [-0.2, 0) is 6.42 Å². The van der Waals surface area contributed by atoms with E-state index in [0.29, 0.717) is 23.7 Å². The van der Waals surface area contributed by atoms with Crippen molar-refractivity contribution in [2.24, 2.45) is 0 Å². The van der Waals surface area contributed by atoms with E-state index < -0.39 is 6.09 Å². The molecule has 2 aromatic carbocycles. The molecule has 1 unspecified atom stereocenters. The fourth-order valence-corrected chi connectivity index (χ4v) is 3.62. The number of carbonyl (C=O) groups excluding carboxylic acids is 1. The second-order valence-electron chi connectivity index (χ2n) is 8.54. The van der Waals surface area contributed by atoms with Gasteiger partial charge in [0.25, 0.3) is 0 Å². The number of benzene rings is 2. The van der Waals surface area contributed by atoms with E-state index in [2.05, 4.69) is 25.8 Å². The zero-order valence-electron chi connectivity index (χ0n) is 20.6. The van der Waals surface area contributed by atoms with Crippen LogP contribution >= 0.6 is 0 Å². The van der Waals surface area contributed by atoms with Gasteiger partial charge in [-0.2, -0.15) is 4.68 Å². The summed E-state index contributed by atoms with van der Waals surface area (Å²) in [5, 5.41) is 14.9. The van der Waals surface area contributed by atoms with Gasteiger partial charge in [-0.25, -0.2) is 9.78 Å². The van der Waals surface area contributed by atoms with Gasteiger partial charge in [0.2, 0.25) is 0 Å². The third kappa shape index (κ3) is 5.63. The monoisotopic (exact) mass is 471 g/mol. The molecule has 9 nitrogen and oxygen atoms in total. The Hall–Kier alpha value is -4.27. The van der Waals surface area contributed by atoms with Crippen molar-refractivity contribution in [3.63, 3.8) is 0 Å². The molecule has 0 fully saturated rings. The van der Waals surface area contributed by atoms with E-state index >= 15 is 0 Å². The van der Waals surface area contributed by atoms with Gasteiger partial charge in [0.1, 0.15) is 11.6 Å². The van der Waals surface area contributed by atoms with Gasteiger partial charge in [0.05, 0.1) is 11.7 Å². The first kappa shape index (κ1) is 23.9. The third-order valence-corrected chi connectivity index (χ3v) is 5.64. The van der Waals surface area contributed by atoms with Crippen molar-refractivity contribution in [1.29, 1.82) is 0 Å². The van der Waals surface area contributed by atoms with Gasteiger partial charge in [-0.15, -0.1) is 5.10 Å². The molecule has 2 aromatic heterocycles. The minimum Gasteiger partial charge on any atom is -0.410 e. The lowest BCUT2D eigenvalue weighted by atomic mass is 10.0. The Kier molecular flexibility index (Phi) is 7.05. The fraction of sp³-hybridized carbons (Fsp3) is 0.269. The third-order valence-electron chi connectivity index (χ3n) is 5.64. The number of ether oxygens (including phenoxy) is 1. The van der Waals surface area contributed by atoms with E-state index in [4.69, 9.17) is 4.74 Å². The van der Waals surface area contributed by atoms with E-state index in [0.717, 1.165) is 28.1 Å². The molecule has 35 heavy (non-hydrogen) atoms. The van der Waals surface area contributed by atoms with Crippen molar-refractivity contribution < 1.29 is 9.53 Å². The number of rotatable bonds is 7. The minimum absolute atomic E-state index is 0.280. The van der Waals surface area contributed by atoms with Crippen LogP contribution in [-0.4, -0.2) is 45.4 Å². The topological polar surface area (TPSA) is 98.1 Å². The number of tetrazole rings is 1. The number of anilines is 1. The molecule has 0 saturated heterocycles. The molecule has 1 amide bonds. The summed E-state index contributed by atoms with van der Waals surface area (Å²) in [6, 6.07) is 17.3. The molecule has 0 aliphatic carbocycles. The van der Waals surface area contributed by atoms with Gasteiger partial charge in [0.15, 0.2) is 5.82 Å². The average Bonchev–Trinajstić information content (AvgIpc) is 3.33. The van der Waals surface area contributed by atoms with Gasteiger partial charge in [-0.05, 0) is 59.2 Å². The first-order chi connectivity index (χ1) is 16.8. The van der Waals surface area contributed by atoms with Crippen molar-refractivity contribution >= 4 is 11.9 Å². The SMILES string of the molecule is CCc1nnnn1-c1cc(OC(=O)NC(C)c2ccc(N(C)C)nc2)cc(-c2ccc(C)cc2)c1. The molecule has 4 aromatic rings. The second-order valence-corrected chi connectivity index (χ2v) is 8.54. The van der Waals surface area contributed by atoms with Gasteiger partial charge < -0.3 is 15.0 Å². The van der Waals surface area contributed by atoms with Crippen LogP contribution in [0.5, 0.6) is 5.75 Å². The highest BCUT2D eigenvalue weighted by Crippen LogP contribution is 2.29. The summed E-state index contributed by atoms with van der Waals surface area (Å²) in [4.78, 5) is 19.1. The van der Waals surface area contributed by atoms with Gasteiger partial charge in [-0.1, -0.05) is 42.8 Å². The van der Waals surface area contributed by atoms with Crippen LogP contribution in [0, 0.1) is 6.92 Å². The predicted molar refractivity (Wildman–Crippen MR) is 135 cm³/mol. The van der Waals surface area contributed by atoms with E-state index in [1.54, 1.807) is 16.9 Å². The number of aryl methyl sites for hydroxylation is 2. The standard InChI is InChI=1S/C26H29N7O2/c1-6-24-29-30-31-33(24)22-13-21(19-9-7-17(2)8-10-19)14-23(15-22)35-26(34)28-18(3)20-11-12-25(27-16-20)32(4)5/h7-16,18H,6H2,1-5H3,(H,28,34). The summed E-state index contributed by atoms with van der Waals surface area (Å²) in [7, 11) is 3.86. The van der Waals surface area contributed by atoms with Gasteiger partial charge in [0, 0.05) is 32.8 Å². The van der Waals surface area contributed by atoms with Crippen molar-refractivity contribution in [1.82, 2.24) is 30.5 Å². The highest BCUT2D eigenvalue weighted by atomic mass is 16.6. The molecule has 4 rings (SSSR count). The summed E-state index contributed by atoms with van der Waals surface area (Å²) >= 11 is 0. The van der Waals surface area contributed by atoms with E-state index in [1.165, 1.54) is 0 Å². The predicted octanol–water partition coefficient (Wildman–Crippen LogP) is 4.51. The lowest BCUT2D eigenvalue weighted by molar-refractivity contribution is 0.197. The second kappa shape index (κ2) is 10.3. The van der Waals surface area contributed by atoms with Crippen molar-refractivity contribution in [2.45, 2.75) is 33.2 Å². The number of amides is 1. The summed E-state index contributed by atoms with van der Waals surface area (Å²) in [5.41, 5.74) is 4.64. The maximum Gasteiger partial charge on any atom is 0.413 e. The van der Waals surface area contributed by atoms with Crippen LogP contribution in [0.25, 0.3) is 16.8 Å². The molecule has 180 valence electrons. The fourth-order valence-electron chi connectivity index (χ4n) is 3.62. The molecule has 2 heterocycles. The molecule has 0 bridgehead atoms. The van der Waals surface area contributed by atoms with Gasteiger partial charge in [-0.3, -0.25) is 0 Å². The van der Waals surface area contributed by atoms with Crippen LogP contribution in [0.1, 0.15) is 36.8 Å². The smallest absolute Gasteiger partial charge is 0.410 e. The average molecular weight is 472 g/mol. The lowest BCUT2D eigenvalue weighted by Crippen LogP contribution is -2.29. The van der Waals surface area contributed by atoms with Crippen molar-refractivity contribution in [3.05, 3.63) is 77.7 Å². The Morgan fingerprint density at radius 2 is 1.86 bits per heavy atom. The highest BCUT2D eigenvalue weighted by molar-refractivity contribution is 5.74. The normalized spacial score (nSPS) is 11.7. The van der Waals surface area contributed by atoms with Crippen LogP contribution in [0.4, 0.5) is 10.6 Å². The zero-order valence-corrected chi connectivity index (χ0v) is 20.6. The van der Waals surface area contributed by atoms with Crippen LogP contribution < -0.4 is 15.0 Å². The first-order valence-electron chi connectivity index (χ1n) is 11.5. The highest BCUT2D eigenvalue weighted by Gasteiger charge is 2.15. The zero-order chi connectivity index (χ0) is 24.9. The minimum atomic E-state index is -0.561. The molecule has 9 heteroatoms. The van der Waals surface area contributed by atoms with Gasteiger partial charge >= 0.3 is 6.09 Å². The maximum atomic E-state index is 12.8. The Morgan fingerprint density at radius 1 is 1.09 bits per heavy atom. The molecule has 0 saturated carbocycles. The van der Waals surface area contributed by atoms with Crippen molar-refractivity contribution in [3.8, 4) is 22.6 Å². The molecular weight excluding hydrogens is 442 g/mol. The number of nitrogens with one attached hydrogen (secondary N) is 1. The number of hydrogen-bond acceptors (Lipinski definition) is 7. The first-order valence-corrected chi connectivity index (χ1v) is 11.5. The number of hydrogen-bond donors (Lipinski definition) is 1. The Balaban J connectivity index is 1.59. The van der Waals surface area contributed by atoms with E-state index in [9.17, 15) is 4.79 Å².